The fraction of sp³-hybridized carbons (Fsp3) is 0.438. The molecule has 2 saturated carbocycles. The Morgan fingerprint density at radius 1 is 1.00 bits per heavy atom. The zero-order valence-corrected chi connectivity index (χ0v) is 22.0. The molecular weight excluding hydrogens is 476 g/mol. The van der Waals surface area contributed by atoms with Gasteiger partial charge in [0.25, 0.3) is 5.91 Å². The average molecular weight is 513 g/mol. The Morgan fingerprint density at radius 2 is 1.82 bits per heavy atom. The van der Waals surface area contributed by atoms with Gasteiger partial charge in [0.1, 0.15) is 5.75 Å². The van der Waals surface area contributed by atoms with E-state index < -0.39 is 11.0 Å². The van der Waals surface area contributed by atoms with Crippen LogP contribution in [-0.2, 0) is 10.2 Å². The number of hydrogen-bond acceptors (Lipinski definition) is 5. The van der Waals surface area contributed by atoms with Crippen molar-refractivity contribution in [2.24, 2.45) is 5.92 Å². The van der Waals surface area contributed by atoms with Crippen LogP contribution in [0.25, 0.3) is 10.8 Å². The first kappa shape index (κ1) is 25.1. The number of carbonyl (C=O) groups excluding carboxylic acids is 2. The molecule has 38 heavy (non-hydrogen) atoms. The SMILES string of the molecule is CC(=O)Oc1cccc([C@@]23CCN(CC4CC4)C[C@@]2(O)CC[C@@H](NC(=O)c2ccc4ccccc4c2)C3)c1. The van der Waals surface area contributed by atoms with E-state index in [4.69, 9.17) is 4.74 Å². The summed E-state index contributed by atoms with van der Waals surface area (Å²) >= 11 is 0. The van der Waals surface area contributed by atoms with Crippen LogP contribution in [0.5, 0.6) is 5.75 Å². The van der Waals surface area contributed by atoms with Crippen LogP contribution in [-0.4, -0.2) is 53.2 Å². The van der Waals surface area contributed by atoms with E-state index in [9.17, 15) is 14.7 Å². The molecule has 6 nitrogen and oxygen atoms in total. The Kier molecular flexibility index (Phi) is 6.48. The number of piperidine rings is 1. The van der Waals surface area contributed by atoms with E-state index in [2.05, 4.69) is 10.2 Å². The number of esters is 1. The van der Waals surface area contributed by atoms with Crippen molar-refractivity contribution in [1.82, 2.24) is 10.2 Å². The van der Waals surface area contributed by atoms with Gasteiger partial charge in [-0.1, -0.05) is 42.5 Å². The van der Waals surface area contributed by atoms with E-state index in [1.807, 2.05) is 60.7 Å². The topological polar surface area (TPSA) is 78.9 Å². The summed E-state index contributed by atoms with van der Waals surface area (Å²) in [5.74, 6) is 0.810. The number of nitrogens with one attached hydrogen (secondary N) is 1. The minimum atomic E-state index is -0.917. The Hall–Kier alpha value is -3.22. The highest BCUT2D eigenvalue weighted by atomic mass is 16.5. The van der Waals surface area contributed by atoms with Crippen LogP contribution in [0.2, 0.25) is 0 Å². The fourth-order valence-electron chi connectivity index (χ4n) is 6.83. The van der Waals surface area contributed by atoms with E-state index in [0.29, 0.717) is 30.7 Å². The van der Waals surface area contributed by atoms with Crippen LogP contribution in [0.4, 0.5) is 0 Å². The lowest BCUT2D eigenvalue weighted by molar-refractivity contribution is -0.132. The lowest BCUT2D eigenvalue weighted by Gasteiger charge is -2.58. The predicted molar refractivity (Wildman–Crippen MR) is 147 cm³/mol. The van der Waals surface area contributed by atoms with Gasteiger partial charge in [-0.25, -0.2) is 0 Å². The quantitative estimate of drug-likeness (QED) is 0.365. The van der Waals surface area contributed by atoms with Gasteiger partial charge in [-0.05, 0) is 91.6 Å². The smallest absolute Gasteiger partial charge is 0.308 e. The van der Waals surface area contributed by atoms with Crippen molar-refractivity contribution in [3.05, 3.63) is 77.9 Å². The summed E-state index contributed by atoms with van der Waals surface area (Å²) in [6.07, 6.45) is 5.33. The third-order valence-electron chi connectivity index (χ3n) is 8.94. The average Bonchev–Trinajstić information content (AvgIpc) is 3.72. The van der Waals surface area contributed by atoms with Crippen LogP contribution in [0, 0.1) is 5.92 Å². The van der Waals surface area contributed by atoms with Crippen molar-refractivity contribution >= 4 is 22.6 Å². The Bertz CT molecular complexity index is 1370. The highest BCUT2D eigenvalue weighted by molar-refractivity contribution is 5.98. The second-order valence-electron chi connectivity index (χ2n) is 11.6. The minimum Gasteiger partial charge on any atom is -0.427 e. The number of benzene rings is 3. The number of ether oxygens (including phenoxy) is 1. The first-order valence-corrected chi connectivity index (χ1v) is 13.9. The number of amides is 1. The molecule has 198 valence electrons. The molecule has 0 spiro atoms. The number of fused-ring (bicyclic) bond motifs is 2. The Balaban J connectivity index is 1.28. The highest BCUT2D eigenvalue weighted by Crippen LogP contribution is 2.52. The largest absolute Gasteiger partial charge is 0.427 e. The lowest BCUT2D eigenvalue weighted by atomic mass is 9.55. The molecule has 3 aromatic rings. The van der Waals surface area contributed by atoms with Gasteiger partial charge in [0, 0.05) is 37.0 Å². The van der Waals surface area contributed by atoms with Crippen molar-refractivity contribution in [3.63, 3.8) is 0 Å². The highest BCUT2D eigenvalue weighted by Gasteiger charge is 2.58. The number of aliphatic hydroxyl groups is 1. The van der Waals surface area contributed by atoms with Gasteiger partial charge in [-0.15, -0.1) is 0 Å². The number of nitrogens with zero attached hydrogens (tertiary/aromatic N) is 1. The van der Waals surface area contributed by atoms with Crippen LogP contribution in [0.15, 0.2) is 66.7 Å². The maximum atomic E-state index is 13.4. The molecule has 6 rings (SSSR count). The first-order chi connectivity index (χ1) is 18.3. The number of β-amino-alcohol motifs (C(OH)–C–C–N with tert-alkyl or cyclic N) is 1. The molecule has 0 radical (unpaired) electrons. The standard InChI is InChI=1S/C32H36N2O4/c1-22(35)38-29-8-4-7-27(18-29)31-15-16-34(20-23-9-10-23)21-32(31,37)14-13-28(19-31)33-30(36)26-12-11-24-5-2-3-6-25(24)17-26/h2-8,11-12,17-18,23,28,37H,9-10,13-16,19-21H2,1H3,(H,33,36)/t28-,31+,32+/m1/s1. The lowest BCUT2D eigenvalue weighted by Crippen LogP contribution is -2.67. The van der Waals surface area contributed by atoms with Crippen LogP contribution < -0.4 is 10.1 Å². The molecule has 0 unspecified atom stereocenters. The molecule has 3 aromatic carbocycles. The molecule has 2 aliphatic carbocycles. The Labute approximate surface area is 224 Å². The Morgan fingerprint density at radius 3 is 2.61 bits per heavy atom. The van der Waals surface area contributed by atoms with Crippen molar-refractivity contribution < 1.29 is 19.4 Å². The predicted octanol–water partition coefficient (Wildman–Crippen LogP) is 4.83. The first-order valence-electron chi connectivity index (χ1n) is 13.9. The van der Waals surface area contributed by atoms with E-state index in [0.717, 1.165) is 48.2 Å². The van der Waals surface area contributed by atoms with E-state index in [-0.39, 0.29) is 17.9 Å². The van der Waals surface area contributed by atoms with Gasteiger partial charge < -0.3 is 20.1 Å². The minimum absolute atomic E-state index is 0.0680. The number of carbonyl (C=O) groups is 2. The summed E-state index contributed by atoms with van der Waals surface area (Å²) in [7, 11) is 0. The van der Waals surface area contributed by atoms with Gasteiger partial charge in [0.2, 0.25) is 0 Å². The second-order valence-corrected chi connectivity index (χ2v) is 11.6. The zero-order valence-electron chi connectivity index (χ0n) is 22.0. The van der Waals surface area contributed by atoms with Gasteiger partial charge in [0.15, 0.2) is 0 Å². The van der Waals surface area contributed by atoms with E-state index >= 15 is 0 Å². The third-order valence-corrected chi connectivity index (χ3v) is 8.94. The van der Waals surface area contributed by atoms with Gasteiger partial charge in [-0.2, -0.15) is 0 Å². The second kappa shape index (κ2) is 9.83. The van der Waals surface area contributed by atoms with E-state index in [1.165, 1.54) is 19.8 Å². The summed E-state index contributed by atoms with van der Waals surface area (Å²) in [5.41, 5.74) is 0.172. The van der Waals surface area contributed by atoms with Gasteiger partial charge in [0.05, 0.1) is 5.60 Å². The monoisotopic (exact) mass is 512 g/mol. The molecule has 1 heterocycles. The molecular formula is C32H36N2O4. The summed E-state index contributed by atoms with van der Waals surface area (Å²) in [4.78, 5) is 27.4. The van der Waals surface area contributed by atoms with Crippen molar-refractivity contribution in [2.75, 3.05) is 19.6 Å². The molecule has 3 fully saturated rings. The van der Waals surface area contributed by atoms with Crippen LogP contribution in [0.3, 0.4) is 0 Å². The summed E-state index contributed by atoms with van der Waals surface area (Å²) in [6, 6.07) is 21.4. The van der Waals surface area contributed by atoms with Gasteiger partial charge in [-0.3, -0.25) is 9.59 Å². The third kappa shape index (κ3) is 4.83. The zero-order chi connectivity index (χ0) is 26.3. The molecule has 1 amide bonds. The summed E-state index contributed by atoms with van der Waals surface area (Å²) in [5, 5.41) is 17.7. The summed E-state index contributed by atoms with van der Waals surface area (Å²) in [6.45, 7) is 3.99. The van der Waals surface area contributed by atoms with Crippen LogP contribution >= 0.6 is 0 Å². The molecule has 2 N–H and O–H groups in total. The molecule has 1 saturated heterocycles. The van der Waals surface area contributed by atoms with E-state index in [1.54, 1.807) is 6.07 Å². The normalized spacial score (nSPS) is 27.5. The maximum absolute atomic E-state index is 13.4. The fourth-order valence-corrected chi connectivity index (χ4v) is 6.83. The van der Waals surface area contributed by atoms with Crippen molar-refractivity contribution in [3.8, 4) is 5.75 Å². The van der Waals surface area contributed by atoms with Crippen molar-refractivity contribution in [2.45, 2.75) is 62.5 Å². The number of likely N-dealkylation sites (tertiary alicyclic amines) is 1. The number of hydrogen-bond donors (Lipinski definition) is 2. The molecule has 3 atom stereocenters. The molecule has 0 aromatic heterocycles. The molecule has 1 aliphatic heterocycles. The number of rotatable bonds is 6. The molecule has 0 bridgehead atoms. The molecule has 3 aliphatic rings. The van der Waals surface area contributed by atoms with Crippen molar-refractivity contribution in [1.29, 1.82) is 0 Å². The van der Waals surface area contributed by atoms with Gasteiger partial charge >= 0.3 is 5.97 Å². The van der Waals surface area contributed by atoms with Crippen LogP contribution in [0.1, 0.15) is 61.4 Å². The maximum Gasteiger partial charge on any atom is 0.308 e. The summed E-state index contributed by atoms with van der Waals surface area (Å²) < 4.78 is 5.42. The molecule has 6 heteroatoms.